The molecule has 4 aromatic rings. The van der Waals surface area contributed by atoms with Crippen LogP contribution in [-0.4, -0.2) is 18.2 Å². The van der Waals surface area contributed by atoms with Crippen molar-refractivity contribution in [1.29, 1.82) is 0 Å². The molecule has 25 heavy (non-hydrogen) atoms. The first kappa shape index (κ1) is 14.0. The van der Waals surface area contributed by atoms with E-state index in [1.165, 1.54) is 6.07 Å². The van der Waals surface area contributed by atoms with E-state index in [1.807, 2.05) is 30.3 Å². The summed E-state index contributed by atoms with van der Waals surface area (Å²) in [5.41, 5.74) is 2.02. The van der Waals surface area contributed by atoms with Gasteiger partial charge in [0.25, 0.3) is 0 Å². The fourth-order valence-electron chi connectivity index (χ4n) is 3.09. The standard InChI is InChI=1S/C20H13NO4/c22-16-11-18(13-3-5-15-12(10-13)2-1-7-21-15)25-19-14(16)4-6-17-20(19)24-9-8-23-17/h1-7,10-11H,8-9H2. The van der Waals surface area contributed by atoms with Crippen molar-refractivity contribution in [2.24, 2.45) is 0 Å². The lowest BCUT2D eigenvalue weighted by Gasteiger charge is -2.19. The van der Waals surface area contributed by atoms with Crippen LogP contribution in [0.15, 0.2) is 63.9 Å². The van der Waals surface area contributed by atoms with E-state index in [0.29, 0.717) is 41.4 Å². The van der Waals surface area contributed by atoms with Gasteiger partial charge in [-0.25, -0.2) is 0 Å². The van der Waals surface area contributed by atoms with Crippen LogP contribution in [0.3, 0.4) is 0 Å². The first-order chi connectivity index (χ1) is 12.3. The van der Waals surface area contributed by atoms with Crippen LogP contribution in [-0.2, 0) is 0 Å². The Labute approximate surface area is 142 Å². The first-order valence-electron chi connectivity index (χ1n) is 8.01. The lowest BCUT2D eigenvalue weighted by atomic mass is 10.1. The molecule has 5 heteroatoms. The van der Waals surface area contributed by atoms with Crippen LogP contribution in [0.1, 0.15) is 0 Å². The zero-order valence-corrected chi connectivity index (χ0v) is 13.2. The van der Waals surface area contributed by atoms with Crippen LogP contribution in [0.25, 0.3) is 33.2 Å². The molecule has 0 bridgehead atoms. The van der Waals surface area contributed by atoms with Gasteiger partial charge in [-0.15, -0.1) is 0 Å². The Morgan fingerprint density at radius 3 is 2.84 bits per heavy atom. The number of fused-ring (bicyclic) bond motifs is 4. The van der Waals surface area contributed by atoms with Gasteiger partial charge in [-0.05, 0) is 36.4 Å². The number of pyridine rings is 1. The second kappa shape index (κ2) is 5.34. The molecule has 0 spiro atoms. The molecule has 3 heterocycles. The Kier molecular flexibility index (Phi) is 3.00. The summed E-state index contributed by atoms with van der Waals surface area (Å²) in [5.74, 6) is 1.58. The zero-order chi connectivity index (χ0) is 16.8. The quantitative estimate of drug-likeness (QED) is 0.531. The highest BCUT2D eigenvalue weighted by Crippen LogP contribution is 2.38. The van der Waals surface area contributed by atoms with Crippen molar-refractivity contribution in [1.82, 2.24) is 4.98 Å². The average Bonchev–Trinajstić information content (AvgIpc) is 2.67. The largest absolute Gasteiger partial charge is 0.486 e. The maximum atomic E-state index is 12.6. The van der Waals surface area contributed by atoms with Crippen molar-refractivity contribution < 1.29 is 13.9 Å². The summed E-state index contributed by atoms with van der Waals surface area (Å²) in [4.78, 5) is 16.9. The molecular formula is C20H13NO4. The SMILES string of the molecule is O=c1cc(-c2ccc3ncccc3c2)oc2c3c(ccc12)OCCO3. The van der Waals surface area contributed by atoms with E-state index in [1.54, 1.807) is 18.3 Å². The van der Waals surface area contributed by atoms with Gasteiger partial charge < -0.3 is 13.9 Å². The summed E-state index contributed by atoms with van der Waals surface area (Å²) in [7, 11) is 0. The fraction of sp³-hybridized carbons (Fsp3) is 0.100. The molecule has 0 unspecified atom stereocenters. The highest BCUT2D eigenvalue weighted by Gasteiger charge is 2.19. The topological polar surface area (TPSA) is 61.6 Å². The third kappa shape index (κ3) is 2.24. The predicted molar refractivity (Wildman–Crippen MR) is 94.2 cm³/mol. The molecular weight excluding hydrogens is 318 g/mol. The van der Waals surface area contributed by atoms with Crippen molar-refractivity contribution in [3.8, 4) is 22.8 Å². The predicted octanol–water partition coefficient (Wildman–Crippen LogP) is 3.78. The maximum Gasteiger partial charge on any atom is 0.205 e. The van der Waals surface area contributed by atoms with Gasteiger partial charge in [0, 0.05) is 23.2 Å². The van der Waals surface area contributed by atoms with E-state index in [-0.39, 0.29) is 5.43 Å². The number of hydrogen-bond donors (Lipinski definition) is 0. The Morgan fingerprint density at radius 1 is 0.960 bits per heavy atom. The van der Waals surface area contributed by atoms with Crippen LogP contribution in [0.5, 0.6) is 11.5 Å². The molecule has 122 valence electrons. The van der Waals surface area contributed by atoms with Crippen LogP contribution in [0.2, 0.25) is 0 Å². The Balaban J connectivity index is 1.76. The molecule has 0 atom stereocenters. The minimum atomic E-state index is -0.112. The minimum absolute atomic E-state index is 0.112. The summed E-state index contributed by atoms with van der Waals surface area (Å²) < 4.78 is 17.3. The van der Waals surface area contributed by atoms with Crippen molar-refractivity contribution >= 4 is 21.9 Å². The molecule has 0 aliphatic carbocycles. The molecule has 0 N–H and O–H groups in total. The van der Waals surface area contributed by atoms with E-state index in [9.17, 15) is 4.79 Å². The van der Waals surface area contributed by atoms with Gasteiger partial charge >= 0.3 is 0 Å². The molecule has 0 saturated heterocycles. The van der Waals surface area contributed by atoms with Crippen LogP contribution >= 0.6 is 0 Å². The summed E-state index contributed by atoms with van der Waals surface area (Å²) in [6, 6.07) is 14.6. The highest BCUT2D eigenvalue weighted by molar-refractivity contribution is 5.88. The van der Waals surface area contributed by atoms with E-state index in [0.717, 1.165) is 16.5 Å². The summed E-state index contributed by atoms with van der Waals surface area (Å²) in [5, 5.41) is 1.47. The van der Waals surface area contributed by atoms with Crippen molar-refractivity contribution in [3.05, 3.63) is 65.0 Å². The lowest BCUT2D eigenvalue weighted by molar-refractivity contribution is 0.172. The van der Waals surface area contributed by atoms with Crippen molar-refractivity contribution in [3.63, 3.8) is 0 Å². The van der Waals surface area contributed by atoms with Gasteiger partial charge in [0.2, 0.25) is 5.75 Å². The molecule has 0 radical (unpaired) electrons. The molecule has 2 aromatic carbocycles. The molecule has 5 nitrogen and oxygen atoms in total. The van der Waals surface area contributed by atoms with Crippen molar-refractivity contribution in [2.45, 2.75) is 0 Å². The van der Waals surface area contributed by atoms with Gasteiger partial charge in [0.05, 0.1) is 10.9 Å². The van der Waals surface area contributed by atoms with Crippen LogP contribution in [0.4, 0.5) is 0 Å². The van der Waals surface area contributed by atoms with Crippen molar-refractivity contribution in [2.75, 3.05) is 13.2 Å². The van der Waals surface area contributed by atoms with E-state index < -0.39 is 0 Å². The Bertz CT molecular complexity index is 1180. The molecule has 2 aromatic heterocycles. The molecule has 0 saturated carbocycles. The smallest absolute Gasteiger partial charge is 0.205 e. The second-order valence-corrected chi connectivity index (χ2v) is 5.85. The summed E-state index contributed by atoms with van der Waals surface area (Å²) in [6.07, 6.45) is 1.75. The zero-order valence-electron chi connectivity index (χ0n) is 13.2. The number of aromatic nitrogens is 1. The Morgan fingerprint density at radius 2 is 1.88 bits per heavy atom. The van der Waals surface area contributed by atoms with Gasteiger partial charge in [0.1, 0.15) is 19.0 Å². The molecule has 1 aliphatic rings. The van der Waals surface area contributed by atoms with E-state index in [4.69, 9.17) is 13.9 Å². The van der Waals surface area contributed by atoms with Crippen LogP contribution in [0, 0.1) is 0 Å². The Hall–Kier alpha value is -3.34. The number of ether oxygens (including phenoxy) is 2. The second-order valence-electron chi connectivity index (χ2n) is 5.85. The lowest BCUT2D eigenvalue weighted by Crippen LogP contribution is -2.16. The number of hydrogen-bond acceptors (Lipinski definition) is 5. The average molecular weight is 331 g/mol. The monoisotopic (exact) mass is 331 g/mol. The number of rotatable bonds is 1. The molecule has 5 rings (SSSR count). The van der Waals surface area contributed by atoms with E-state index >= 15 is 0 Å². The molecule has 0 amide bonds. The summed E-state index contributed by atoms with van der Waals surface area (Å²) >= 11 is 0. The normalized spacial score (nSPS) is 13.3. The summed E-state index contributed by atoms with van der Waals surface area (Å²) in [6.45, 7) is 0.918. The van der Waals surface area contributed by atoms with Gasteiger partial charge in [0.15, 0.2) is 16.8 Å². The molecule has 0 fully saturated rings. The number of nitrogens with zero attached hydrogens (tertiary/aromatic N) is 1. The molecule has 1 aliphatic heterocycles. The highest BCUT2D eigenvalue weighted by atomic mass is 16.6. The van der Waals surface area contributed by atoms with Gasteiger partial charge in [-0.1, -0.05) is 6.07 Å². The fourth-order valence-corrected chi connectivity index (χ4v) is 3.09. The third-order valence-electron chi connectivity index (χ3n) is 4.29. The van der Waals surface area contributed by atoms with Gasteiger partial charge in [-0.2, -0.15) is 0 Å². The number of benzene rings is 2. The maximum absolute atomic E-state index is 12.6. The van der Waals surface area contributed by atoms with Crippen LogP contribution < -0.4 is 14.9 Å². The van der Waals surface area contributed by atoms with Gasteiger partial charge in [-0.3, -0.25) is 9.78 Å². The van der Waals surface area contributed by atoms with E-state index in [2.05, 4.69) is 4.98 Å². The third-order valence-corrected chi connectivity index (χ3v) is 4.29. The first-order valence-corrected chi connectivity index (χ1v) is 8.01. The minimum Gasteiger partial charge on any atom is -0.486 e.